The highest BCUT2D eigenvalue weighted by molar-refractivity contribution is 8.19. The van der Waals surface area contributed by atoms with Gasteiger partial charge in [0, 0.05) is 11.9 Å². The minimum Gasteiger partial charge on any atom is -0.286 e. The highest BCUT2D eigenvalue weighted by Gasteiger charge is 2.34. The summed E-state index contributed by atoms with van der Waals surface area (Å²) in [5, 5.41) is 2.84. The summed E-state index contributed by atoms with van der Waals surface area (Å²) in [5.41, 5.74) is 1.46. The van der Waals surface area contributed by atoms with Gasteiger partial charge in [-0.2, -0.15) is 8.42 Å². The van der Waals surface area contributed by atoms with Crippen LogP contribution >= 0.6 is 23.1 Å². The molecule has 0 spiro atoms. The number of amides is 1. The van der Waals surface area contributed by atoms with Crippen molar-refractivity contribution in [2.75, 3.05) is 6.54 Å². The zero-order chi connectivity index (χ0) is 19.7. The monoisotopic (exact) mass is 429 g/mol. The van der Waals surface area contributed by atoms with E-state index in [9.17, 15) is 13.2 Å². The summed E-state index contributed by atoms with van der Waals surface area (Å²) >= 11 is 2.14. The highest BCUT2D eigenvalue weighted by Crippen LogP contribution is 2.34. The number of para-hydroxylation sites is 1. The number of thiophene rings is 1. The Morgan fingerprint density at radius 2 is 1.96 bits per heavy atom. The van der Waals surface area contributed by atoms with Gasteiger partial charge in [-0.05, 0) is 48.3 Å². The van der Waals surface area contributed by atoms with Crippen LogP contribution in [0.2, 0.25) is 0 Å². The number of carbonyl (C=O) groups is 1. The van der Waals surface area contributed by atoms with Gasteiger partial charge >= 0.3 is 0 Å². The van der Waals surface area contributed by atoms with Crippen LogP contribution in [0.25, 0.3) is 17.0 Å². The van der Waals surface area contributed by atoms with Crippen LogP contribution in [0.3, 0.4) is 0 Å². The Morgan fingerprint density at radius 3 is 2.71 bits per heavy atom. The number of sulfonamides is 1. The van der Waals surface area contributed by atoms with Gasteiger partial charge < -0.3 is 0 Å². The molecule has 3 heterocycles. The number of fused-ring (bicyclic) bond motifs is 1. The lowest BCUT2D eigenvalue weighted by Gasteiger charge is -2.11. The number of carbonyl (C=O) groups excluding carboxylic acids is 1. The maximum Gasteiger partial charge on any atom is 0.294 e. The van der Waals surface area contributed by atoms with Gasteiger partial charge in [0.25, 0.3) is 15.9 Å². The molecule has 6 nitrogen and oxygen atoms in total. The molecule has 28 heavy (non-hydrogen) atoms. The van der Waals surface area contributed by atoms with E-state index < -0.39 is 10.0 Å². The van der Waals surface area contributed by atoms with Crippen molar-refractivity contribution in [3.63, 3.8) is 0 Å². The summed E-state index contributed by atoms with van der Waals surface area (Å²) in [5.74, 6) is -0.275. The molecule has 0 unspecified atom stereocenters. The average molecular weight is 430 g/mol. The van der Waals surface area contributed by atoms with Crippen molar-refractivity contribution < 1.29 is 13.2 Å². The number of amidine groups is 1. The molecule has 0 bridgehead atoms. The fraction of sp³-hybridized carbons (Fsp3) is 0.105. The van der Waals surface area contributed by atoms with Gasteiger partial charge in [-0.3, -0.25) is 9.69 Å². The summed E-state index contributed by atoms with van der Waals surface area (Å²) in [4.78, 5) is 19.0. The molecule has 1 fully saturated rings. The molecule has 2 aromatic heterocycles. The first-order valence-corrected chi connectivity index (χ1v) is 11.6. The lowest BCUT2D eigenvalue weighted by molar-refractivity contribution is -0.122. The molecule has 3 aromatic rings. The Hall–Kier alpha value is -2.49. The third-order valence-electron chi connectivity index (χ3n) is 4.05. The van der Waals surface area contributed by atoms with Crippen LogP contribution in [0.4, 0.5) is 0 Å². The second-order valence-electron chi connectivity index (χ2n) is 5.87. The highest BCUT2D eigenvalue weighted by atomic mass is 32.2. The molecule has 1 saturated heterocycles. The van der Waals surface area contributed by atoms with E-state index in [4.69, 9.17) is 0 Å². The molecular formula is C19H15N3O3S3. The first-order valence-electron chi connectivity index (χ1n) is 8.43. The predicted molar refractivity (Wildman–Crippen MR) is 114 cm³/mol. The number of rotatable bonds is 4. The largest absolute Gasteiger partial charge is 0.294 e. The minimum absolute atomic E-state index is 0.151. The molecule has 1 aromatic carbocycles. The van der Waals surface area contributed by atoms with E-state index in [-0.39, 0.29) is 15.3 Å². The van der Waals surface area contributed by atoms with E-state index in [2.05, 4.69) is 9.38 Å². The first kappa shape index (κ1) is 18.9. The van der Waals surface area contributed by atoms with Crippen LogP contribution in [0.1, 0.15) is 12.6 Å². The zero-order valence-electron chi connectivity index (χ0n) is 14.8. The predicted octanol–water partition coefficient (Wildman–Crippen LogP) is 3.98. The van der Waals surface area contributed by atoms with E-state index >= 15 is 0 Å². The van der Waals surface area contributed by atoms with E-state index in [0.29, 0.717) is 17.1 Å². The van der Waals surface area contributed by atoms with Gasteiger partial charge in [0.05, 0.1) is 16.1 Å². The number of pyridine rings is 1. The van der Waals surface area contributed by atoms with Crippen LogP contribution < -0.4 is 0 Å². The SMILES string of the molecule is CCN1C(=O)/C(=C/c2ccc3ccccc3n2)SC1=NS(=O)(=O)c1cccs1. The van der Waals surface area contributed by atoms with Crippen molar-refractivity contribution in [2.45, 2.75) is 11.1 Å². The fourth-order valence-corrected chi connectivity index (χ4v) is 5.91. The Balaban J connectivity index is 1.70. The topological polar surface area (TPSA) is 79.7 Å². The lowest BCUT2D eigenvalue weighted by Crippen LogP contribution is -2.29. The summed E-state index contributed by atoms with van der Waals surface area (Å²) < 4.78 is 29.0. The summed E-state index contributed by atoms with van der Waals surface area (Å²) in [6.45, 7) is 2.11. The Bertz CT molecular complexity index is 1220. The number of thioether (sulfide) groups is 1. The van der Waals surface area contributed by atoms with Gasteiger partial charge in [-0.1, -0.05) is 30.3 Å². The van der Waals surface area contributed by atoms with E-state index in [0.717, 1.165) is 34.0 Å². The molecule has 0 N–H and O–H groups in total. The average Bonchev–Trinajstić information content (AvgIpc) is 3.31. The Kier molecular flexibility index (Phi) is 5.05. The number of hydrogen-bond acceptors (Lipinski definition) is 6. The Labute approximate surface area is 170 Å². The third-order valence-corrected chi connectivity index (χ3v) is 7.81. The van der Waals surface area contributed by atoms with Crippen molar-refractivity contribution in [3.8, 4) is 0 Å². The lowest BCUT2D eigenvalue weighted by atomic mass is 10.2. The Morgan fingerprint density at radius 1 is 1.14 bits per heavy atom. The van der Waals surface area contributed by atoms with E-state index in [1.165, 1.54) is 11.0 Å². The van der Waals surface area contributed by atoms with Gasteiger partial charge in [-0.15, -0.1) is 15.7 Å². The van der Waals surface area contributed by atoms with Crippen LogP contribution in [0.15, 0.2) is 67.4 Å². The second kappa shape index (κ2) is 7.50. The van der Waals surface area contributed by atoms with Gasteiger partial charge in [0.15, 0.2) is 5.17 Å². The van der Waals surface area contributed by atoms with Gasteiger partial charge in [0.2, 0.25) is 0 Å². The molecule has 1 aliphatic rings. The number of nitrogens with zero attached hydrogens (tertiary/aromatic N) is 3. The van der Waals surface area contributed by atoms with Crippen molar-refractivity contribution >= 4 is 61.2 Å². The van der Waals surface area contributed by atoms with Crippen molar-refractivity contribution in [1.82, 2.24) is 9.88 Å². The second-order valence-corrected chi connectivity index (χ2v) is 9.66. The quantitative estimate of drug-likeness (QED) is 0.586. The molecule has 1 aliphatic heterocycles. The van der Waals surface area contributed by atoms with Crippen molar-refractivity contribution in [1.29, 1.82) is 0 Å². The van der Waals surface area contributed by atoms with Crippen LogP contribution in [0, 0.1) is 0 Å². The number of benzene rings is 1. The minimum atomic E-state index is -3.84. The molecule has 0 aliphatic carbocycles. The standard InChI is InChI=1S/C19H15N3O3S3/c1-2-22-18(23)16(12-14-10-9-13-6-3-4-7-15(13)20-14)27-19(22)21-28(24,25)17-8-5-11-26-17/h3-12H,2H2,1H3/b16-12-,21-19?. The molecule has 0 saturated carbocycles. The molecule has 1 amide bonds. The van der Waals surface area contributed by atoms with Gasteiger partial charge in [0.1, 0.15) is 4.21 Å². The molecule has 9 heteroatoms. The number of likely N-dealkylation sites (N-methyl/N-ethyl adjacent to an activating group) is 1. The molecule has 4 rings (SSSR count). The molecular weight excluding hydrogens is 414 g/mol. The van der Waals surface area contributed by atoms with E-state index in [1.807, 2.05) is 36.4 Å². The molecule has 142 valence electrons. The number of hydrogen-bond donors (Lipinski definition) is 0. The number of aromatic nitrogens is 1. The van der Waals surface area contributed by atoms with Crippen LogP contribution in [0.5, 0.6) is 0 Å². The zero-order valence-corrected chi connectivity index (χ0v) is 17.2. The third kappa shape index (κ3) is 3.60. The smallest absolute Gasteiger partial charge is 0.286 e. The van der Waals surface area contributed by atoms with Crippen molar-refractivity contribution in [3.05, 3.63) is 64.5 Å². The summed E-state index contributed by atoms with van der Waals surface area (Å²) in [6, 6.07) is 14.6. The van der Waals surface area contributed by atoms with Gasteiger partial charge in [-0.25, -0.2) is 4.98 Å². The van der Waals surface area contributed by atoms with Crippen LogP contribution in [-0.2, 0) is 14.8 Å². The fourth-order valence-electron chi connectivity index (χ4n) is 2.71. The molecule has 0 atom stereocenters. The normalized spacial score (nSPS) is 17.9. The maximum absolute atomic E-state index is 12.7. The summed E-state index contributed by atoms with van der Waals surface area (Å²) in [6.07, 6.45) is 1.67. The van der Waals surface area contributed by atoms with Crippen LogP contribution in [-0.4, -0.2) is 35.9 Å². The first-order chi connectivity index (χ1) is 13.5. The molecule has 0 radical (unpaired) electrons. The summed E-state index contributed by atoms with van der Waals surface area (Å²) in [7, 11) is -3.84. The van der Waals surface area contributed by atoms with Crippen molar-refractivity contribution in [2.24, 2.45) is 4.40 Å². The van der Waals surface area contributed by atoms with E-state index in [1.54, 1.807) is 24.4 Å². The maximum atomic E-state index is 12.7.